The Hall–Kier alpha value is -3.65. The van der Waals surface area contributed by atoms with Crippen LogP contribution < -0.4 is 10.6 Å². The second-order valence-corrected chi connectivity index (χ2v) is 11.5. The lowest BCUT2D eigenvalue weighted by atomic mass is 9.74. The number of carbonyl (C=O) groups excluding carboxylic acids is 3. The maximum Gasteiger partial charge on any atom is 0.245 e. The molecule has 3 aromatic rings. The Morgan fingerprint density at radius 3 is 2.32 bits per heavy atom. The number of hydrogen-bond donors (Lipinski definition) is 3. The highest BCUT2D eigenvalue weighted by molar-refractivity contribution is 5.87. The molecule has 6 rings (SSSR count). The van der Waals surface area contributed by atoms with Crippen molar-refractivity contribution in [2.45, 2.75) is 62.8 Å². The Morgan fingerprint density at radius 1 is 1.00 bits per heavy atom. The minimum Gasteiger partial charge on any atom is -0.361 e. The van der Waals surface area contributed by atoms with Gasteiger partial charge in [0.2, 0.25) is 18.7 Å². The smallest absolute Gasteiger partial charge is 0.245 e. The number of nitrogens with one attached hydrogen (secondary N) is 3. The lowest BCUT2D eigenvalue weighted by Gasteiger charge is -2.41. The van der Waals surface area contributed by atoms with Gasteiger partial charge in [-0.3, -0.25) is 14.4 Å². The zero-order valence-electron chi connectivity index (χ0n) is 24.5. The summed E-state index contributed by atoms with van der Waals surface area (Å²) in [6, 6.07) is 16.3. The highest BCUT2D eigenvalue weighted by atomic mass is 16.2. The molecule has 2 aromatic carbocycles. The highest BCUT2D eigenvalue weighted by Crippen LogP contribution is 2.46. The molecule has 2 aliphatic heterocycles. The first-order valence-corrected chi connectivity index (χ1v) is 14.9. The summed E-state index contributed by atoms with van der Waals surface area (Å²) >= 11 is 0. The molecule has 1 atom stereocenters. The van der Waals surface area contributed by atoms with E-state index in [0.29, 0.717) is 12.8 Å². The Balaban J connectivity index is 0.000000297. The van der Waals surface area contributed by atoms with Crippen molar-refractivity contribution < 1.29 is 14.4 Å². The van der Waals surface area contributed by atoms with E-state index in [9.17, 15) is 14.4 Å². The number of fused-ring (bicyclic) bond motifs is 3. The van der Waals surface area contributed by atoms with Crippen molar-refractivity contribution >= 4 is 29.6 Å². The normalized spacial score (nSPS) is 17.8. The molecule has 0 saturated carbocycles. The molecule has 0 bridgehead atoms. The lowest BCUT2D eigenvalue weighted by molar-refractivity contribution is -0.136. The number of H-pyrrole nitrogens is 1. The van der Waals surface area contributed by atoms with E-state index in [1.54, 1.807) is 14.1 Å². The molecule has 3 aliphatic rings. The summed E-state index contributed by atoms with van der Waals surface area (Å²) in [6.45, 7) is 4.00. The summed E-state index contributed by atoms with van der Waals surface area (Å²) in [5.74, 6) is 0.0218. The quantitative estimate of drug-likeness (QED) is 0.401. The summed E-state index contributed by atoms with van der Waals surface area (Å²) in [6.07, 6.45) is 12.4. The van der Waals surface area contributed by atoms with Crippen LogP contribution in [0.15, 0.2) is 54.7 Å². The van der Waals surface area contributed by atoms with Crippen LogP contribution in [0.4, 0.5) is 0 Å². The van der Waals surface area contributed by atoms with Crippen molar-refractivity contribution in [2.24, 2.45) is 0 Å². The van der Waals surface area contributed by atoms with Gasteiger partial charge in [-0.1, -0.05) is 48.9 Å². The Kier molecular flexibility index (Phi) is 11.0. The monoisotopic (exact) mass is 559 g/mol. The zero-order chi connectivity index (χ0) is 29.1. The van der Waals surface area contributed by atoms with Crippen LogP contribution in [-0.2, 0) is 32.6 Å². The molecular weight excluding hydrogens is 514 g/mol. The van der Waals surface area contributed by atoms with Crippen molar-refractivity contribution in [3.63, 3.8) is 0 Å². The summed E-state index contributed by atoms with van der Waals surface area (Å²) in [4.78, 5) is 40.6. The van der Waals surface area contributed by atoms with Gasteiger partial charge >= 0.3 is 0 Å². The van der Waals surface area contributed by atoms with Crippen molar-refractivity contribution in [3.8, 4) is 0 Å². The molecule has 1 spiro atoms. The van der Waals surface area contributed by atoms with Gasteiger partial charge in [-0.15, -0.1) is 0 Å². The Bertz CT molecular complexity index is 1260. The number of nitrogens with zero attached hydrogens (tertiary/aromatic N) is 2. The third kappa shape index (κ3) is 7.76. The predicted octanol–water partition coefficient (Wildman–Crippen LogP) is 3.80. The van der Waals surface area contributed by atoms with Gasteiger partial charge in [0.1, 0.15) is 6.04 Å². The number of likely N-dealkylation sites (tertiary alicyclic amines) is 1. The number of para-hydroxylation sites is 1. The van der Waals surface area contributed by atoms with Gasteiger partial charge in [0.15, 0.2) is 0 Å². The molecule has 1 aliphatic carbocycles. The lowest BCUT2D eigenvalue weighted by Crippen LogP contribution is -2.52. The maximum absolute atomic E-state index is 13.3. The van der Waals surface area contributed by atoms with Gasteiger partial charge in [-0.2, -0.15) is 0 Å². The standard InChI is InChI=1S/C25H27N3O2.C5H11N.C3H7NO/c29-17-27-23(15-19-16-26-22-8-4-2-6-20(19)22)24(30)28-13-11-25(12-14-28)10-9-18-5-1-3-7-21(18)25;1-2-4-6-5-3-1;1-4(2)3-5/h1-8,16-17,23,26H,9-15H2,(H,27,29);6H,1-5H2;3H,1-2H3/t23-;;/m1../s1. The van der Waals surface area contributed by atoms with E-state index in [4.69, 9.17) is 0 Å². The van der Waals surface area contributed by atoms with E-state index in [0.717, 1.165) is 55.2 Å². The van der Waals surface area contributed by atoms with Crippen LogP contribution in [0.3, 0.4) is 0 Å². The molecule has 220 valence electrons. The highest BCUT2D eigenvalue weighted by Gasteiger charge is 2.42. The fourth-order valence-electron chi connectivity index (χ4n) is 6.28. The molecule has 3 heterocycles. The van der Waals surface area contributed by atoms with Crippen LogP contribution in [0.2, 0.25) is 0 Å². The summed E-state index contributed by atoms with van der Waals surface area (Å²) < 4.78 is 0. The second kappa shape index (κ2) is 14.8. The Labute approximate surface area is 243 Å². The van der Waals surface area contributed by atoms with Crippen LogP contribution >= 0.6 is 0 Å². The van der Waals surface area contributed by atoms with Gasteiger partial charge < -0.3 is 25.4 Å². The molecule has 41 heavy (non-hydrogen) atoms. The van der Waals surface area contributed by atoms with Gasteiger partial charge in [-0.05, 0) is 79.8 Å². The topological polar surface area (TPSA) is 97.5 Å². The van der Waals surface area contributed by atoms with Crippen molar-refractivity contribution in [3.05, 3.63) is 71.4 Å². The number of hydrogen-bond acceptors (Lipinski definition) is 4. The van der Waals surface area contributed by atoms with E-state index in [-0.39, 0.29) is 11.3 Å². The summed E-state index contributed by atoms with van der Waals surface area (Å²) in [5, 5.41) is 7.16. The first kappa shape index (κ1) is 30.3. The van der Waals surface area contributed by atoms with Crippen molar-refractivity contribution in [1.82, 2.24) is 25.4 Å². The molecule has 8 nitrogen and oxygen atoms in total. The number of amides is 3. The maximum atomic E-state index is 13.3. The van der Waals surface area contributed by atoms with Crippen LogP contribution in [0, 0.1) is 0 Å². The minimum absolute atomic E-state index is 0.0218. The van der Waals surface area contributed by atoms with Crippen LogP contribution in [0.25, 0.3) is 10.9 Å². The minimum atomic E-state index is -0.536. The number of aryl methyl sites for hydroxylation is 1. The predicted molar refractivity (Wildman–Crippen MR) is 164 cm³/mol. The van der Waals surface area contributed by atoms with E-state index >= 15 is 0 Å². The van der Waals surface area contributed by atoms with E-state index in [1.807, 2.05) is 35.4 Å². The average Bonchev–Trinajstić information content (AvgIpc) is 3.60. The molecular formula is C33H45N5O3. The van der Waals surface area contributed by atoms with Gasteiger partial charge in [0.05, 0.1) is 0 Å². The number of carbonyl (C=O) groups is 3. The molecule has 8 heteroatoms. The second-order valence-electron chi connectivity index (χ2n) is 11.5. The largest absolute Gasteiger partial charge is 0.361 e. The Morgan fingerprint density at radius 2 is 1.68 bits per heavy atom. The van der Waals surface area contributed by atoms with Crippen LogP contribution in [0.1, 0.15) is 55.2 Å². The molecule has 3 amide bonds. The number of piperidine rings is 2. The van der Waals surface area contributed by atoms with Crippen molar-refractivity contribution in [1.29, 1.82) is 0 Å². The third-order valence-corrected chi connectivity index (χ3v) is 8.58. The van der Waals surface area contributed by atoms with E-state index in [2.05, 4.69) is 39.9 Å². The fraction of sp³-hybridized carbons (Fsp3) is 0.485. The number of benzene rings is 2. The number of aromatic nitrogens is 1. The first-order valence-electron chi connectivity index (χ1n) is 14.9. The van der Waals surface area contributed by atoms with Crippen LogP contribution in [-0.4, -0.2) is 79.8 Å². The number of aromatic amines is 1. The molecule has 2 saturated heterocycles. The summed E-state index contributed by atoms with van der Waals surface area (Å²) in [5.41, 5.74) is 5.27. The van der Waals surface area contributed by atoms with Crippen molar-refractivity contribution in [2.75, 3.05) is 40.3 Å². The van der Waals surface area contributed by atoms with E-state index in [1.165, 1.54) is 54.8 Å². The fourth-order valence-corrected chi connectivity index (χ4v) is 6.28. The first-order chi connectivity index (χ1) is 20.0. The van der Waals surface area contributed by atoms with Gasteiger partial charge in [-0.25, -0.2) is 0 Å². The van der Waals surface area contributed by atoms with Gasteiger partial charge in [0, 0.05) is 50.7 Å². The number of rotatable bonds is 6. The molecule has 0 radical (unpaired) electrons. The van der Waals surface area contributed by atoms with E-state index < -0.39 is 6.04 Å². The molecule has 0 unspecified atom stereocenters. The van der Waals surface area contributed by atoms with Gasteiger partial charge in [0.25, 0.3) is 0 Å². The molecule has 1 aromatic heterocycles. The SMILES string of the molecule is C1CCNCC1.CN(C)C=O.O=CN[C@H](Cc1c[nH]c2ccccc12)C(=O)N1CCC2(CCc3ccccc32)CC1. The average molecular weight is 560 g/mol. The zero-order valence-corrected chi connectivity index (χ0v) is 24.5. The molecule has 2 fully saturated rings. The summed E-state index contributed by atoms with van der Waals surface area (Å²) in [7, 11) is 3.38. The van der Waals surface area contributed by atoms with Crippen LogP contribution in [0.5, 0.6) is 0 Å². The third-order valence-electron chi connectivity index (χ3n) is 8.58. The molecule has 3 N–H and O–H groups in total.